The van der Waals surface area contributed by atoms with Crippen LogP contribution in [0.25, 0.3) is 0 Å². The number of nitrogens with one attached hydrogen (secondary N) is 1. The number of hydrogen-bond acceptors (Lipinski definition) is 5. The van der Waals surface area contributed by atoms with Crippen molar-refractivity contribution in [3.8, 4) is 11.5 Å². The van der Waals surface area contributed by atoms with Crippen LogP contribution in [0.1, 0.15) is 16.1 Å². The molecule has 0 radical (unpaired) electrons. The van der Waals surface area contributed by atoms with E-state index in [1.165, 1.54) is 25.5 Å². The van der Waals surface area contributed by atoms with Gasteiger partial charge >= 0.3 is 0 Å². The van der Waals surface area contributed by atoms with E-state index in [0.29, 0.717) is 17.6 Å². The van der Waals surface area contributed by atoms with Crippen LogP contribution in [-0.2, 0) is 11.3 Å². The molecule has 0 atom stereocenters. The predicted molar refractivity (Wildman–Crippen MR) is 79.4 cm³/mol. The van der Waals surface area contributed by atoms with Gasteiger partial charge in [0.1, 0.15) is 12.0 Å². The Morgan fingerprint density at radius 2 is 2.27 bits per heavy atom. The monoisotopic (exact) mass is 323 g/mol. The smallest absolute Gasteiger partial charge is 0.258 e. The molecule has 1 amide bonds. The van der Waals surface area contributed by atoms with Gasteiger partial charge < -0.3 is 19.2 Å². The maximum atomic E-state index is 11.7. The van der Waals surface area contributed by atoms with E-state index in [9.17, 15) is 9.59 Å². The van der Waals surface area contributed by atoms with Gasteiger partial charge in [-0.15, -0.1) is 0 Å². The van der Waals surface area contributed by atoms with Gasteiger partial charge in [0.15, 0.2) is 18.1 Å². The largest absolute Gasteiger partial charge is 0.493 e. The van der Waals surface area contributed by atoms with E-state index in [1.807, 2.05) is 0 Å². The first kappa shape index (κ1) is 15.9. The standard InChI is InChI=1S/C15H14ClNO5/c1-20-13-6-10(8-18)5-12(16)15(13)22-9-14(19)17-7-11-3-2-4-21-11/h2-6,8H,7,9H2,1H3,(H,17,19). The number of carbonyl (C=O) groups excluding carboxylic acids is 2. The molecule has 0 aliphatic heterocycles. The van der Waals surface area contributed by atoms with Crippen LogP contribution in [0.5, 0.6) is 11.5 Å². The van der Waals surface area contributed by atoms with E-state index >= 15 is 0 Å². The quantitative estimate of drug-likeness (QED) is 0.792. The summed E-state index contributed by atoms with van der Waals surface area (Å²) in [5, 5.41) is 2.83. The second-order valence-electron chi connectivity index (χ2n) is 4.30. The lowest BCUT2D eigenvalue weighted by Gasteiger charge is -2.12. The molecule has 116 valence electrons. The fourth-order valence-electron chi connectivity index (χ4n) is 1.74. The summed E-state index contributed by atoms with van der Waals surface area (Å²) in [6, 6.07) is 6.40. The number of carbonyl (C=O) groups is 2. The molecule has 1 heterocycles. The van der Waals surface area contributed by atoms with Gasteiger partial charge in [-0.2, -0.15) is 0 Å². The van der Waals surface area contributed by atoms with Crippen molar-refractivity contribution < 1.29 is 23.5 Å². The first-order valence-electron chi connectivity index (χ1n) is 6.38. The van der Waals surface area contributed by atoms with Gasteiger partial charge in [-0.3, -0.25) is 9.59 Å². The lowest BCUT2D eigenvalue weighted by Crippen LogP contribution is -2.28. The molecule has 0 aliphatic carbocycles. The van der Waals surface area contributed by atoms with Crippen molar-refractivity contribution in [3.63, 3.8) is 0 Å². The average molecular weight is 324 g/mol. The van der Waals surface area contributed by atoms with Crippen LogP contribution in [0.4, 0.5) is 0 Å². The Kier molecular flexibility index (Phi) is 5.43. The van der Waals surface area contributed by atoms with Crippen LogP contribution in [0.2, 0.25) is 5.02 Å². The molecule has 22 heavy (non-hydrogen) atoms. The zero-order chi connectivity index (χ0) is 15.9. The van der Waals surface area contributed by atoms with Crippen molar-refractivity contribution in [1.29, 1.82) is 0 Å². The number of hydrogen-bond donors (Lipinski definition) is 1. The second-order valence-corrected chi connectivity index (χ2v) is 4.70. The Hall–Kier alpha value is -2.47. The summed E-state index contributed by atoms with van der Waals surface area (Å²) in [6.07, 6.45) is 2.17. The third-order valence-electron chi connectivity index (χ3n) is 2.78. The highest BCUT2D eigenvalue weighted by Crippen LogP contribution is 2.35. The maximum absolute atomic E-state index is 11.7. The zero-order valence-electron chi connectivity index (χ0n) is 11.8. The number of benzene rings is 1. The molecule has 0 aliphatic rings. The minimum atomic E-state index is -0.339. The third kappa shape index (κ3) is 4.02. The minimum Gasteiger partial charge on any atom is -0.493 e. The highest BCUT2D eigenvalue weighted by atomic mass is 35.5. The summed E-state index contributed by atoms with van der Waals surface area (Å²) >= 11 is 6.02. The molecular weight excluding hydrogens is 310 g/mol. The predicted octanol–water partition coefficient (Wildman–Crippen LogP) is 2.45. The van der Waals surface area contributed by atoms with Gasteiger partial charge in [-0.1, -0.05) is 11.6 Å². The van der Waals surface area contributed by atoms with Crippen molar-refractivity contribution in [2.45, 2.75) is 6.54 Å². The lowest BCUT2D eigenvalue weighted by molar-refractivity contribution is -0.123. The Balaban J connectivity index is 1.95. The van der Waals surface area contributed by atoms with E-state index in [1.54, 1.807) is 12.1 Å². The molecule has 2 rings (SSSR count). The lowest BCUT2D eigenvalue weighted by atomic mass is 10.2. The van der Waals surface area contributed by atoms with Crippen LogP contribution in [0.15, 0.2) is 34.9 Å². The van der Waals surface area contributed by atoms with Gasteiger partial charge in [0.25, 0.3) is 5.91 Å². The number of amides is 1. The molecular formula is C15H14ClNO5. The van der Waals surface area contributed by atoms with Gasteiger partial charge in [0.05, 0.1) is 24.9 Å². The SMILES string of the molecule is COc1cc(C=O)cc(Cl)c1OCC(=O)NCc1ccco1. The number of furan rings is 1. The first-order valence-corrected chi connectivity index (χ1v) is 6.76. The highest BCUT2D eigenvalue weighted by Gasteiger charge is 2.13. The molecule has 0 saturated heterocycles. The van der Waals surface area contributed by atoms with Crippen molar-refractivity contribution >= 4 is 23.8 Å². The van der Waals surface area contributed by atoms with Crippen LogP contribution in [0, 0.1) is 0 Å². The molecule has 0 bridgehead atoms. The maximum Gasteiger partial charge on any atom is 0.258 e. The average Bonchev–Trinajstić information content (AvgIpc) is 3.04. The highest BCUT2D eigenvalue weighted by molar-refractivity contribution is 6.32. The minimum absolute atomic E-state index is 0.195. The number of halogens is 1. The van der Waals surface area contributed by atoms with Crippen molar-refractivity contribution in [2.75, 3.05) is 13.7 Å². The molecule has 6 nitrogen and oxygen atoms in total. The molecule has 0 spiro atoms. The summed E-state index contributed by atoms with van der Waals surface area (Å²) in [5.41, 5.74) is 0.358. The van der Waals surface area contributed by atoms with Crippen LogP contribution in [-0.4, -0.2) is 25.9 Å². The zero-order valence-corrected chi connectivity index (χ0v) is 12.6. The summed E-state index contributed by atoms with van der Waals surface area (Å²) in [4.78, 5) is 22.5. The molecule has 1 N–H and O–H groups in total. The summed E-state index contributed by atoms with van der Waals surface area (Å²) in [7, 11) is 1.42. The first-order chi connectivity index (χ1) is 10.6. The molecule has 0 saturated carbocycles. The Labute approximate surface area is 132 Å². The van der Waals surface area contributed by atoms with Gasteiger partial charge in [-0.05, 0) is 24.3 Å². The van der Waals surface area contributed by atoms with Crippen molar-refractivity contribution in [1.82, 2.24) is 5.32 Å². The van der Waals surface area contributed by atoms with Crippen LogP contribution >= 0.6 is 11.6 Å². The fourth-order valence-corrected chi connectivity index (χ4v) is 2.01. The van der Waals surface area contributed by atoms with E-state index in [4.69, 9.17) is 25.5 Å². The third-order valence-corrected chi connectivity index (χ3v) is 3.06. The van der Waals surface area contributed by atoms with Crippen molar-refractivity contribution in [2.24, 2.45) is 0 Å². The van der Waals surface area contributed by atoms with Gasteiger partial charge in [0, 0.05) is 5.56 Å². The Morgan fingerprint density at radius 1 is 1.45 bits per heavy atom. The number of aldehydes is 1. The van der Waals surface area contributed by atoms with Crippen LogP contribution < -0.4 is 14.8 Å². The molecule has 0 unspecified atom stereocenters. The number of ether oxygens (including phenoxy) is 2. The summed E-state index contributed by atoms with van der Waals surface area (Å²) < 4.78 is 15.6. The molecule has 1 aromatic heterocycles. The molecule has 7 heteroatoms. The number of methoxy groups -OCH3 is 1. The topological polar surface area (TPSA) is 77.8 Å². The summed E-state index contributed by atoms with van der Waals surface area (Å²) in [5.74, 6) is 0.796. The fraction of sp³-hybridized carbons (Fsp3) is 0.200. The normalized spacial score (nSPS) is 10.1. The molecule has 0 fully saturated rings. The van der Waals surface area contributed by atoms with Crippen molar-refractivity contribution in [3.05, 3.63) is 46.9 Å². The van der Waals surface area contributed by atoms with Gasteiger partial charge in [0.2, 0.25) is 0 Å². The van der Waals surface area contributed by atoms with E-state index < -0.39 is 0 Å². The van der Waals surface area contributed by atoms with E-state index in [0.717, 1.165) is 0 Å². The molecule has 2 aromatic rings. The molecule has 1 aromatic carbocycles. The summed E-state index contributed by atoms with van der Waals surface area (Å²) in [6.45, 7) is 0.0291. The van der Waals surface area contributed by atoms with Crippen LogP contribution in [0.3, 0.4) is 0 Å². The second kappa shape index (κ2) is 7.51. The number of rotatable bonds is 7. The Bertz CT molecular complexity index is 654. The Morgan fingerprint density at radius 3 is 2.91 bits per heavy atom. The van der Waals surface area contributed by atoms with Gasteiger partial charge in [-0.25, -0.2) is 0 Å². The van der Waals surface area contributed by atoms with E-state index in [2.05, 4.69) is 5.32 Å². The van der Waals surface area contributed by atoms with E-state index in [-0.39, 0.29) is 35.6 Å².